The lowest BCUT2D eigenvalue weighted by Gasteiger charge is -2.45. The average Bonchev–Trinajstić information content (AvgIpc) is 2.86. The molecule has 1 fully saturated rings. The second-order valence-corrected chi connectivity index (χ2v) is 14.3. The Hall–Kier alpha value is -1.45. The van der Waals surface area contributed by atoms with Gasteiger partial charge < -0.3 is 25.8 Å². The number of hydrogen-bond acceptors (Lipinski definition) is 5. The monoisotopic (exact) mass is 579 g/mol. The van der Waals surface area contributed by atoms with Crippen LogP contribution in [-0.2, 0) is 6.18 Å². The summed E-state index contributed by atoms with van der Waals surface area (Å²) in [5, 5.41) is 11.1. The summed E-state index contributed by atoms with van der Waals surface area (Å²) in [6, 6.07) is 7.22. The molecule has 0 bridgehead atoms. The van der Waals surface area contributed by atoms with Crippen LogP contribution in [0, 0.1) is 0 Å². The molecule has 8 heteroatoms. The van der Waals surface area contributed by atoms with Gasteiger partial charge in [0.25, 0.3) is 0 Å². The third kappa shape index (κ3) is 9.78. The fraction of sp³-hybridized carbons (Fsp3) is 0.758. The van der Waals surface area contributed by atoms with E-state index < -0.39 is 11.7 Å². The van der Waals surface area contributed by atoms with E-state index in [1.54, 1.807) is 6.07 Å². The molecular weight excluding hydrogens is 523 g/mol. The van der Waals surface area contributed by atoms with Crippen molar-refractivity contribution in [2.24, 2.45) is 0 Å². The molecule has 2 aliphatic rings. The van der Waals surface area contributed by atoms with E-state index in [0.29, 0.717) is 24.1 Å². The number of alkyl halides is 3. The first-order chi connectivity index (χ1) is 19.0. The number of halogens is 3. The van der Waals surface area contributed by atoms with Crippen LogP contribution >= 0.6 is 0 Å². The van der Waals surface area contributed by atoms with Crippen LogP contribution in [0.25, 0.3) is 5.57 Å². The predicted octanol–water partition coefficient (Wildman–Crippen LogP) is 6.16. The van der Waals surface area contributed by atoms with Crippen LogP contribution < -0.4 is 16.0 Å². The first kappa shape index (κ1) is 34.0. The van der Waals surface area contributed by atoms with Crippen LogP contribution in [0.2, 0.25) is 0 Å². The molecule has 0 radical (unpaired) electrons. The fourth-order valence-electron chi connectivity index (χ4n) is 7.00. The molecule has 0 aromatic heterocycles. The Morgan fingerprint density at radius 1 is 0.878 bits per heavy atom. The first-order valence-corrected chi connectivity index (χ1v) is 15.5. The molecule has 3 N–H and O–H groups in total. The number of rotatable bonds is 11. The van der Waals surface area contributed by atoms with E-state index in [2.05, 4.69) is 81.5 Å². The van der Waals surface area contributed by atoms with Gasteiger partial charge in [0, 0.05) is 48.3 Å². The van der Waals surface area contributed by atoms with Crippen molar-refractivity contribution in [2.45, 2.75) is 121 Å². The number of hydrogen-bond donors (Lipinski definition) is 3. The lowest BCUT2D eigenvalue weighted by molar-refractivity contribution is -0.137. The summed E-state index contributed by atoms with van der Waals surface area (Å²) in [7, 11) is 8.46. The van der Waals surface area contributed by atoms with Crippen molar-refractivity contribution in [3.63, 3.8) is 0 Å². The van der Waals surface area contributed by atoms with Gasteiger partial charge in [-0.2, -0.15) is 13.2 Å². The Labute approximate surface area is 247 Å². The normalized spacial score (nSPS) is 24.9. The molecule has 0 amide bonds. The van der Waals surface area contributed by atoms with Crippen molar-refractivity contribution >= 4 is 5.57 Å². The van der Waals surface area contributed by atoms with E-state index in [1.165, 1.54) is 37.0 Å². The highest BCUT2D eigenvalue weighted by Crippen LogP contribution is 2.40. The number of nitrogens with one attached hydrogen (secondary N) is 3. The van der Waals surface area contributed by atoms with Gasteiger partial charge in [-0.3, -0.25) is 0 Å². The Morgan fingerprint density at radius 3 is 2.17 bits per heavy atom. The number of nitrogens with zero attached hydrogens (tertiary/aromatic N) is 2. The van der Waals surface area contributed by atoms with E-state index in [0.717, 1.165) is 37.9 Å². The minimum absolute atomic E-state index is 0.106. The summed E-state index contributed by atoms with van der Waals surface area (Å²) < 4.78 is 41.3. The van der Waals surface area contributed by atoms with Gasteiger partial charge in [0.15, 0.2) is 0 Å². The Bertz CT molecular complexity index is 1010. The van der Waals surface area contributed by atoms with Crippen LogP contribution in [0.5, 0.6) is 0 Å². The minimum atomic E-state index is -4.36. The smallest absolute Gasteiger partial charge is 0.318 e. The zero-order valence-corrected chi connectivity index (χ0v) is 27.0. The van der Waals surface area contributed by atoms with Crippen LogP contribution in [0.1, 0.15) is 90.7 Å². The van der Waals surface area contributed by atoms with E-state index in [-0.39, 0.29) is 23.2 Å². The maximum Gasteiger partial charge on any atom is 0.416 e. The lowest BCUT2D eigenvalue weighted by Crippen LogP contribution is -2.58. The summed E-state index contributed by atoms with van der Waals surface area (Å²) in [5.74, 6) is 0. The summed E-state index contributed by atoms with van der Waals surface area (Å²) in [4.78, 5) is 4.77. The third-order valence-corrected chi connectivity index (χ3v) is 8.83. The van der Waals surface area contributed by atoms with Gasteiger partial charge in [0.1, 0.15) is 0 Å². The molecule has 4 atom stereocenters. The predicted molar refractivity (Wildman–Crippen MR) is 166 cm³/mol. The Morgan fingerprint density at radius 2 is 1.56 bits per heavy atom. The molecule has 1 aromatic rings. The molecule has 41 heavy (non-hydrogen) atoms. The molecule has 0 aliphatic heterocycles. The summed E-state index contributed by atoms with van der Waals surface area (Å²) in [5.41, 5.74) is 2.15. The number of benzene rings is 1. The molecule has 0 heterocycles. The van der Waals surface area contributed by atoms with Gasteiger partial charge in [-0.25, -0.2) is 0 Å². The topological polar surface area (TPSA) is 42.6 Å². The van der Waals surface area contributed by atoms with Crippen LogP contribution in [0.4, 0.5) is 13.2 Å². The molecular formula is C33H56F3N5. The van der Waals surface area contributed by atoms with Gasteiger partial charge in [-0.05, 0) is 118 Å². The highest BCUT2D eigenvalue weighted by atomic mass is 19.4. The van der Waals surface area contributed by atoms with Crippen molar-refractivity contribution in [2.75, 3.05) is 41.3 Å². The second kappa shape index (κ2) is 13.9. The molecule has 1 saturated carbocycles. The quantitative estimate of drug-likeness (QED) is 0.293. The van der Waals surface area contributed by atoms with E-state index in [9.17, 15) is 13.2 Å². The summed E-state index contributed by atoms with van der Waals surface area (Å²) in [6.07, 6.45) is 2.78. The van der Waals surface area contributed by atoms with Crippen molar-refractivity contribution < 1.29 is 13.2 Å². The largest absolute Gasteiger partial charge is 0.416 e. The standard InChI is InChI=1S/C33H56F3N5/c1-31(2,3)38-28-21-26(23-13-12-14-25(19-23)33(34,35)36)24(20-30(28)40(7)8)22-32(4,5)39-27-15-10-11-16-29(27)41(9)18-17-37-6/h12-14,19,27-30,37-39H,10-11,15-18,20-22H2,1-9H3/t27-,28-,29-,30-/m0/s1. The molecule has 1 aromatic carbocycles. The van der Waals surface area contributed by atoms with Crippen molar-refractivity contribution in [3.8, 4) is 0 Å². The van der Waals surface area contributed by atoms with Gasteiger partial charge in [-0.1, -0.05) is 30.5 Å². The van der Waals surface area contributed by atoms with Crippen molar-refractivity contribution in [1.82, 2.24) is 25.8 Å². The molecule has 2 aliphatic carbocycles. The SMILES string of the molecule is CNCCN(C)[C@H]1CCCC[C@@H]1NC(C)(C)CC1=C(c2cccc(C(F)(F)F)c2)C[C@H](NC(C)(C)C)[C@@H](N(C)C)C1. The summed E-state index contributed by atoms with van der Waals surface area (Å²) in [6.45, 7) is 13.0. The number of likely N-dealkylation sites (N-methyl/N-ethyl adjacent to an activating group) is 3. The Balaban J connectivity index is 1.97. The Kier molecular flexibility index (Phi) is 11.5. The highest BCUT2D eigenvalue weighted by Gasteiger charge is 2.38. The van der Waals surface area contributed by atoms with Gasteiger partial charge in [0.05, 0.1) is 5.56 Å². The van der Waals surface area contributed by atoms with Crippen molar-refractivity contribution in [3.05, 3.63) is 41.0 Å². The molecule has 234 valence electrons. The zero-order chi connectivity index (χ0) is 30.6. The zero-order valence-electron chi connectivity index (χ0n) is 27.0. The van der Waals surface area contributed by atoms with E-state index in [4.69, 9.17) is 0 Å². The maximum atomic E-state index is 13.8. The molecule has 5 nitrogen and oxygen atoms in total. The molecule has 0 saturated heterocycles. The van der Waals surface area contributed by atoms with E-state index in [1.807, 2.05) is 13.1 Å². The molecule has 0 unspecified atom stereocenters. The first-order valence-electron chi connectivity index (χ1n) is 15.5. The van der Waals surface area contributed by atoms with Gasteiger partial charge >= 0.3 is 6.18 Å². The third-order valence-electron chi connectivity index (χ3n) is 8.83. The average molecular weight is 580 g/mol. The summed E-state index contributed by atoms with van der Waals surface area (Å²) >= 11 is 0. The molecule has 3 rings (SSSR count). The molecule has 0 spiro atoms. The van der Waals surface area contributed by atoms with Crippen LogP contribution in [-0.4, -0.2) is 86.3 Å². The van der Waals surface area contributed by atoms with Crippen LogP contribution in [0.15, 0.2) is 29.8 Å². The highest BCUT2D eigenvalue weighted by molar-refractivity contribution is 5.71. The minimum Gasteiger partial charge on any atom is -0.318 e. The van der Waals surface area contributed by atoms with Crippen molar-refractivity contribution in [1.29, 1.82) is 0 Å². The van der Waals surface area contributed by atoms with E-state index >= 15 is 0 Å². The lowest BCUT2D eigenvalue weighted by atomic mass is 9.76. The maximum absolute atomic E-state index is 13.8. The fourth-order valence-corrected chi connectivity index (χ4v) is 7.00. The van der Waals surface area contributed by atoms with Crippen LogP contribution in [0.3, 0.4) is 0 Å². The second-order valence-electron chi connectivity index (χ2n) is 14.3. The van der Waals surface area contributed by atoms with Gasteiger partial charge in [-0.15, -0.1) is 0 Å². The van der Waals surface area contributed by atoms with Gasteiger partial charge in [0.2, 0.25) is 0 Å².